The topological polar surface area (TPSA) is 76.4 Å². The molecule has 2 N–H and O–H groups in total. The number of aliphatic carboxylic acids is 1. The first kappa shape index (κ1) is 24.7. The lowest BCUT2D eigenvalue weighted by molar-refractivity contribution is -0.138. The first-order valence-electron chi connectivity index (χ1n) is 12.1. The van der Waals surface area contributed by atoms with E-state index in [1.165, 1.54) is 12.1 Å². The van der Waals surface area contributed by atoms with Crippen molar-refractivity contribution in [1.82, 2.24) is 9.55 Å². The van der Waals surface area contributed by atoms with E-state index < -0.39 is 23.8 Å². The van der Waals surface area contributed by atoms with Crippen LogP contribution in [0.4, 0.5) is 18.9 Å². The van der Waals surface area contributed by atoms with Crippen LogP contribution in [0.25, 0.3) is 10.9 Å². The molecule has 37 heavy (non-hydrogen) atoms. The largest absolute Gasteiger partial charge is 0.493 e. The van der Waals surface area contributed by atoms with Gasteiger partial charge in [0.25, 0.3) is 0 Å². The van der Waals surface area contributed by atoms with Crippen LogP contribution in [-0.4, -0.2) is 33.8 Å². The minimum Gasteiger partial charge on any atom is -0.493 e. The molecule has 0 amide bonds. The Hall–Kier alpha value is -4.01. The van der Waals surface area contributed by atoms with E-state index in [1.54, 1.807) is 10.8 Å². The van der Waals surface area contributed by atoms with Gasteiger partial charge in [-0.15, -0.1) is 0 Å². The van der Waals surface area contributed by atoms with Crippen molar-refractivity contribution in [2.45, 2.75) is 37.9 Å². The Balaban J connectivity index is 1.31. The molecule has 3 heterocycles. The molecule has 4 aromatic rings. The van der Waals surface area contributed by atoms with Crippen molar-refractivity contribution in [1.29, 1.82) is 0 Å². The predicted molar refractivity (Wildman–Crippen MR) is 134 cm³/mol. The number of hydrogen-bond donors (Lipinski definition) is 2. The molecule has 0 fully saturated rings. The van der Waals surface area contributed by atoms with Crippen LogP contribution in [0.3, 0.4) is 0 Å². The van der Waals surface area contributed by atoms with E-state index in [0.29, 0.717) is 24.3 Å². The maximum atomic E-state index is 13.0. The number of alkyl halides is 3. The number of anilines is 1. The summed E-state index contributed by atoms with van der Waals surface area (Å²) < 4.78 is 46.7. The van der Waals surface area contributed by atoms with Gasteiger partial charge in [0, 0.05) is 35.8 Å². The Kier molecular flexibility index (Phi) is 6.78. The maximum Gasteiger partial charge on any atom is 0.416 e. The fourth-order valence-electron chi connectivity index (χ4n) is 4.73. The summed E-state index contributed by atoms with van der Waals surface area (Å²) in [6, 6.07) is 15.4. The van der Waals surface area contributed by atoms with Crippen molar-refractivity contribution in [3.05, 3.63) is 89.4 Å². The lowest BCUT2D eigenvalue weighted by Gasteiger charge is -2.20. The molecular weight excluding hydrogens is 483 g/mol. The number of pyridine rings is 1. The minimum atomic E-state index is -4.45. The number of ether oxygens (including phenoxy) is 1. The molecule has 1 aliphatic rings. The fourth-order valence-corrected chi connectivity index (χ4v) is 4.73. The summed E-state index contributed by atoms with van der Waals surface area (Å²) in [4.78, 5) is 16.3. The minimum absolute atomic E-state index is 0.267. The second kappa shape index (κ2) is 10.2. The van der Waals surface area contributed by atoms with Gasteiger partial charge >= 0.3 is 12.1 Å². The van der Waals surface area contributed by atoms with E-state index in [9.17, 15) is 23.1 Å². The molecule has 0 saturated heterocycles. The van der Waals surface area contributed by atoms with E-state index >= 15 is 0 Å². The van der Waals surface area contributed by atoms with Crippen molar-refractivity contribution in [2.24, 2.45) is 0 Å². The van der Waals surface area contributed by atoms with E-state index in [1.807, 2.05) is 30.3 Å². The Labute approximate surface area is 211 Å². The maximum absolute atomic E-state index is 13.0. The van der Waals surface area contributed by atoms with Crippen LogP contribution in [-0.2, 0) is 23.8 Å². The molecule has 2 aromatic carbocycles. The highest BCUT2D eigenvalue weighted by molar-refractivity contribution is 5.82. The Bertz CT molecular complexity index is 1410. The molecule has 0 spiro atoms. The lowest BCUT2D eigenvalue weighted by atomic mass is 10.0. The molecule has 1 aliphatic heterocycles. The Morgan fingerprint density at radius 3 is 2.68 bits per heavy atom. The molecule has 0 radical (unpaired) electrons. The van der Waals surface area contributed by atoms with Crippen LogP contribution in [0.1, 0.15) is 41.4 Å². The second-order valence-corrected chi connectivity index (χ2v) is 9.10. The van der Waals surface area contributed by atoms with Gasteiger partial charge < -0.3 is 19.7 Å². The van der Waals surface area contributed by atoms with Crippen molar-refractivity contribution in [2.75, 3.05) is 18.5 Å². The number of carboxylic acids is 1. The van der Waals surface area contributed by atoms with Crippen LogP contribution in [0.15, 0.2) is 66.9 Å². The average molecular weight is 510 g/mol. The zero-order valence-electron chi connectivity index (χ0n) is 20.0. The van der Waals surface area contributed by atoms with Crippen molar-refractivity contribution in [3.8, 4) is 5.75 Å². The Morgan fingerprint density at radius 2 is 1.92 bits per heavy atom. The van der Waals surface area contributed by atoms with Crippen LogP contribution in [0.2, 0.25) is 0 Å². The van der Waals surface area contributed by atoms with Gasteiger partial charge in [0.2, 0.25) is 0 Å². The van der Waals surface area contributed by atoms with E-state index in [2.05, 4.69) is 11.4 Å². The molecule has 0 saturated carbocycles. The third-order valence-electron chi connectivity index (χ3n) is 6.58. The molecule has 192 valence electrons. The zero-order chi connectivity index (χ0) is 26.0. The number of carbonyl (C=O) groups is 1. The molecule has 9 heteroatoms. The molecule has 2 aromatic heterocycles. The van der Waals surface area contributed by atoms with Gasteiger partial charge in [-0.25, -0.2) is 0 Å². The number of halogens is 3. The smallest absolute Gasteiger partial charge is 0.416 e. The summed E-state index contributed by atoms with van der Waals surface area (Å²) in [5.74, 6) is -0.368. The predicted octanol–water partition coefficient (Wildman–Crippen LogP) is 6.10. The average Bonchev–Trinajstić information content (AvgIpc) is 3.30. The number of fused-ring (bicyclic) bond motifs is 2. The van der Waals surface area contributed by atoms with Crippen LogP contribution >= 0.6 is 0 Å². The SMILES string of the molecule is O=C(O)CC(c1ccc(C(F)(F)F)cc1)n1ccc2cc(OCCc3ccc4c(n3)CCCN4)ccc21. The first-order chi connectivity index (χ1) is 17.8. The van der Waals surface area contributed by atoms with Gasteiger partial charge in [0.15, 0.2) is 0 Å². The fraction of sp³-hybridized carbons (Fsp3) is 0.286. The highest BCUT2D eigenvalue weighted by atomic mass is 19.4. The van der Waals surface area contributed by atoms with Gasteiger partial charge in [-0.3, -0.25) is 9.78 Å². The number of aryl methyl sites for hydroxylation is 1. The molecule has 0 bridgehead atoms. The summed E-state index contributed by atoms with van der Waals surface area (Å²) in [5.41, 5.74) is 3.65. The van der Waals surface area contributed by atoms with E-state index in [4.69, 9.17) is 9.72 Å². The number of nitrogens with zero attached hydrogens (tertiary/aromatic N) is 2. The van der Waals surface area contributed by atoms with Gasteiger partial charge in [-0.05, 0) is 66.9 Å². The quantitative estimate of drug-likeness (QED) is 0.300. The Morgan fingerprint density at radius 1 is 1.11 bits per heavy atom. The molecule has 1 unspecified atom stereocenters. The summed E-state index contributed by atoms with van der Waals surface area (Å²) >= 11 is 0. The number of aromatic nitrogens is 2. The summed E-state index contributed by atoms with van der Waals surface area (Å²) in [6.45, 7) is 1.43. The van der Waals surface area contributed by atoms with E-state index in [0.717, 1.165) is 59.5 Å². The number of nitrogens with one attached hydrogen (secondary N) is 1. The summed E-state index contributed by atoms with van der Waals surface area (Å²) in [7, 11) is 0. The highest BCUT2D eigenvalue weighted by Crippen LogP contribution is 2.33. The second-order valence-electron chi connectivity index (χ2n) is 9.10. The molecule has 0 aliphatic carbocycles. The van der Waals surface area contributed by atoms with Gasteiger partial charge in [-0.2, -0.15) is 13.2 Å². The monoisotopic (exact) mass is 509 g/mol. The molecule has 5 rings (SSSR count). The zero-order valence-corrected chi connectivity index (χ0v) is 20.0. The third-order valence-corrected chi connectivity index (χ3v) is 6.58. The molecular formula is C28H26F3N3O3. The third kappa shape index (κ3) is 5.55. The van der Waals surface area contributed by atoms with Crippen LogP contribution in [0.5, 0.6) is 5.75 Å². The highest BCUT2D eigenvalue weighted by Gasteiger charge is 2.30. The molecule has 1 atom stereocenters. The van der Waals surface area contributed by atoms with Crippen molar-refractivity contribution < 1.29 is 27.8 Å². The van der Waals surface area contributed by atoms with Crippen LogP contribution < -0.4 is 10.1 Å². The summed E-state index contributed by atoms with van der Waals surface area (Å²) in [6.07, 6.45) is -0.251. The van der Waals surface area contributed by atoms with Gasteiger partial charge in [0.1, 0.15) is 5.75 Å². The van der Waals surface area contributed by atoms with Crippen LogP contribution in [0, 0.1) is 0 Å². The normalized spacial score (nSPS) is 14.1. The van der Waals surface area contributed by atoms with Gasteiger partial charge in [-0.1, -0.05) is 12.1 Å². The molecule has 6 nitrogen and oxygen atoms in total. The number of benzene rings is 2. The lowest BCUT2D eigenvalue weighted by Crippen LogP contribution is -2.15. The van der Waals surface area contributed by atoms with Crippen molar-refractivity contribution >= 4 is 22.6 Å². The standard InChI is InChI=1S/C28H26F3N3O3/c29-28(30,31)20-5-3-18(4-6-20)26(17-27(35)36)34-14-11-19-16-22(8-10-25(19)34)37-15-12-21-7-9-23-24(33-21)2-1-13-32-23/h3-11,14,16,26,32H,1-2,12-13,15,17H2,(H,35,36). The van der Waals surface area contributed by atoms with Crippen molar-refractivity contribution in [3.63, 3.8) is 0 Å². The number of rotatable bonds is 8. The van der Waals surface area contributed by atoms with E-state index in [-0.39, 0.29) is 6.42 Å². The number of carboxylic acid groups (broad SMARTS) is 1. The number of hydrogen-bond acceptors (Lipinski definition) is 4. The van der Waals surface area contributed by atoms with Gasteiger partial charge in [0.05, 0.1) is 36.0 Å². The first-order valence-corrected chi connectivity index (χ1v) is 12.1. The summed E-state index contributed by atoms with van der Waals surface area (Å²) in [5, 5.41) is 13.7.